The molecule has 2 rings (SSSR count). The van der Waals surface area contributed by atoms with Crippen LogP contribution >= 0.6 is 0 Å². The Kier molecular flexibility index (Phi) is 5.88. The number of benzene rings is 2. The van der Waals surface area contributed by atoms with Crippen LogP contribution in [0.3, 0.4) is 0 Å². The first-order valence-electron chi connectivity index (χ1n) is 7.50. The molecule has 2 aromatic carbocycles. The molecule has 0 spiro atoms. The average Bonchev–Trinajstić information content (AvgIpc) is 2.58. The van der Waals surface area contributed by atoms with E-state index in [4.69, 9.17) is 5.73 Å². The van der Waals surface area contributed by atoms with Crippen molar-refractivity contribution in [2.75, 3.05) is 0 Å². The van der Waals surface area contributed by atoms with Gasteiger partial charge in [-0.2, -0.15) is 0 Å². The number of carbonyl (C=O) groups is 2. The Morgan fingerprint density at radius 2 is 1.57 bits per heavy atom. The third kappa shape index (κ3) is 4.93. The first-order chi connectivity index (χ1) is 11.1. The van der Waals surface area contributed by atoms with Crippen LogP contribution in [0.4, 0.5) is 0 Å². The molecule has 2 atom stereocenters. The van der Waals surface area contributed by atoms with Crippen molar-refractivity contribution >= 4 is 11.8 Å². The molecule has 0 bridgehead atoms. The van der Waals surface area contributed by atoms with Crippen molar-refractivity contribution in [3.8, 4) is 0 Å². The highest BCUT2D eigenvalue weighted by Gasteiger charge is 2.22. The van der Waals surface area contributed by atoms with E-state index in [9.17, 15) is 9.59 Å². The Morgan fingerprint density at radius 1 is 1.00 bits per heavy atom. The van der Waals surface area contributed by atoms with Crippen molar-refractivity contribution in [2.24, 2.45) is 5.73 Å². The van der Waals surface area contributed by atoms with Gasteiger partial charge in [0.05, 0.1) is 6.04 Å². The molecule has 120 valence electrons. The number of nitrogens with one attached hydrogen (secondary N) is 2. The molecule has 0 aromatic heterocycles. The Hall–Kier alpha value is -2.66. The zero-order valence-corrected chi connectivity index (χ0v) is 13.0. The van der Waals surface area contributed by atoms with E-state index in [0.717, 1.165) is 11.1 Å². The van der Waals surface area contributed by atoms with Crippen LogP contribution in [0.15, 0.2) is 60.7 Å². The summed E-state index contributed by atoms with van der Waals surface area (Å²) in [6, 6.07) is 17.5. The molecule has 0 radical (unpaired) electrons. The molecular weight excluding hydrogens is 290 g/mol. The van der Waals surface area contributed by atoms with Gasteiger partial charge in [0, 0.05) is 6.54 Å². The fraction of sp³-hybridized carbons (Fsp3) is 0.222. The molecule has 2 amide bonds. The number of rotatable bonds is 7. The predicted octanol–water partition coefficient (Wildman–Crippen LogP) is 1.51. The zero-order chi connectivity index (χ0) is 16.7. The summed E-state index contributed by atoms with van der Waals surface area (Å²) in [6.45, 7) is 2.15. The number of nitrogens with two attached hydrogens (primary N) is 1. The summed E-state index contributed by atoms with van der Waals surface area (Å²) in [7, 11) is 0. The topological polar surface area (TPSA) is 84.2 Å². The van der Waals surface area contributed by atoms with Gasteiger partial charge in [0.1, 0.15) is 6.04 Å². The highest BCUT2D eigenvalue weighted by Crippen LogP contribution is 2.12. The molecule has 0 fully saturated rings. The van der Waals surface area contributed by atoms with E-state index in [0.29, 0.717) is 6.54 Å². The number of hydrogen-bond acceptors (Lipinski definition) is 3. The Labute approximate surface area is 135 Å². The van der Waals surface area contributed by atoms with E-state index in [2.05, 4.69) is 10.6 Å². The highest BCUT2D eigenvalue weighted by molar-refractivity contribution is 5.85. The molecule has 0 aliphatic heterocycles. The monoisotopic (exact) mass is 311 g/mol. The molecule has 0 heterocycles. The van der Waals surface area contributed by atoms with Gasteiger partial charge in [0.15, 0.2) is 0 Å². The molecule has 0 aliphatic rings. The summed E-state index contributed by atoms with van der Waals surface area (Å²) >= 11 is 0. The maximum absolute atomic E-state index is 12.2. The molecule has 4 N–H and O–H groups in total. The SMILES string of the molecule is C[C@@H](N[C@H](C(N)=O)c1ccccc1)C(=O)NCc1ccccc1. The van der Waals surface area contributed by atoms with Crippen molar-refractivity contribution in [2.45, 2.75) is 25.6 Å². The van der Waals surface area contributed by atoms with Gasteiger partial charge in [0.2, 0.25) is 11.8 Å². The van der Waals surface area contributed by atoms with Crippen LogP contribution in [0.5, 0.6) is 0 Å². The predicted molar refractivity (Wildman–Crippen MR) is 89.3 cm³/mol. The van der Waals surface area contributed by atoms with E-state index in [-0.39, 0.29) is 5.91 Å². The van der Waals surface area contributed by atoms with Crippen molar-refractivity contribution < 1.29 is 9.59 Å². The van der Waals surface area contributed by atoms with Crippen LogP contribution in [0.25, 0.3) is 0 Å². The van der Waals surface area contributed by atoms with Crippen molar-refractivity contribution in [1.82, 2.24) is 10.6 Å². The van der Waals surface area contributed by atoms with Gasteiger partial charge in [-0.05, 0) is 18.1 Å². The van der Waals surface area contributed by atoms with Gasteiger partial charge in [0.25, 0.3) is 0 Å². The van der Waals surface area contributed by atoms with E-state index in [1.54, 1.807) is 19.1 Å². The van der Waals surface area contributed by atoms with Gasteiger partial charge in [-0.3, -0.25) is 14.9 Å². The number of carbonyl (C=O) groups excluding carboxylic acids is 2. The lowest BCUT2D eigenvalue weighted by Crippen LogP contribution is -2.46. The summed E-state index contributed by atoms with van der Waals surface area (Å²) in [5, 5.41) is 5.82. The minimum absolute atomic E-state index is 0.184. The highest BCUT2D eigenvalue weighted by atomic mass is 16.2. The van der Waals surface area contributed by atoms with Crippen molar-refractivity contribution in [3.63, 3.8) is 0 Å². The summed E-state index contributed by atoms with van der Waals surface area (Å²) in [6.07, 6.45) is 0. The molecular formula is C18H21N3O2. The maximum atomic E-state index is 12.2. The molecule has 0 saturated heterocycles. The van der Waals surface area contributed by atoms with Crippen LogP contribution < -0.4 is 16.4 Å². The largest absolute Gasteiger partial charge is 0.368 e. The first-order valence-corrected chi connectivity index (χ1v) is 7.50. The summed E-state index contributed by atoms with van der Waals surface area (Å²) < 4.78 is 0. The summed E-state index contributed by atoms with van der Waals surface area (Å²) in [5.74, 6) is -0.699. The minimum atomic E-state index is -0.700. The second kappa shape index (κ2) is 8.10. The average molecular weight is 311 g/mol. The zero-order valence-electron chi connectivity index (χ0n) is 13.0. The van der Waals surface area contributed by atoms with Gasteiger partial charge >= 0.3 is 0 Å². The quantitative estimate of drug-likeness (QED) is 0.724. The molecule has 0 unspecified atom stereocenters. The lowest BCUT2D eigenvalue weighted by Gasteiger charge is -2.21. The maximum Gasteiger partial charge on any atom is 0.239 e. The molecule has 2 aromatic rings. The third-order valence-electron chi connectivity index (χ3n) is 3.54. The lowest BCUT2D eigenvalue weighted by molar-refractivity contribution is -0.124. The summed E-state index contributed by atoms with van der Waals surface area (Å²) in [4.78, 5) is 23.8. The van der Waals surface area contributed by atoms with Crippen LogP contribution in [-0.4, -0.2) is 17.9 Å². The molecule has 0 aliphatic carbocycles. The van der Waals surface area contributed by atoms with Crippen LogP contribution in [-0.2, 0) is 16.1 Å². The van der Waals surface area contributed by atoms with Crippen LogP contribution in [0.1, 0.15) is 24.1 Å². The van der Waals surface area contributed by atoms with E-state index in [1.807, 2.05) is 48.5 Å². The second-order valence-corrected chi connectivity index (χ2v) is 5.34. The van der Waals surface area contributed by atoms with Gasteiger partial charge in [-0.25, -0.2) is 0 Å². The second-order valence-electron chi connectivity index (χ2n) is 5.34. The van der Waals surface area contributed by atoms with Crippen molar-refractivity contribution in [3.05, 3.63) is 71.8 Å². The number of primary amides is 1. The fourth-order valence-corrected chi connectivity index (χ4v) is 2.25. The molecule has 5 nitrogen and oxygen atoms in total. The molecule has 23 heavy (non-hydrogen) atoms. The fourth-order valence-electron chi connectivity index (χ4n) is 2.25. The van der Waals surface area contributed by atoms with Crippen molar-refractivity contribution in [1.29, 1.82) is 0 Å². The summed E-state index contributed by atoms with van der Waals surface area (Å²) in [5.41, 5.74) is 7.20. The Bertz CT molecular complexity index is 644. The first kappa shape index (κ1) is 16.7. The third-order valence-corrected chi connectivity index (χ3v) is 3.54. The molecule has 5 heteroatoms. The minimum Gasteiger partial charge on any atom is -0.368 e. The van der Waals surface area contributed by atoms with Crippen LogP contribution in [0.2, 0.25) is 0 Å². The lowest BCUT2D eigenvalue weighted by atomic mass is 10.1. The van der Waals surface area contributed by atoms with E-state index < -0.39 is 18.0 Å². The normalized spacial score (nSPS) is 13.1. The van der Waals surface area contributed by atoms with Crippen LogP contribution in [0, 0.1) is 0 Å². The number of amides is 2. The Morgan fingerprint density at radius 3 is 2.13 bits per heavy atom. The van der Waals surface area contributed by atoms with E-state index in [1.165, 1.54) is 0 Å². The smallest absolute Gasteiger partial charge is 0.239 e. The van der Waals surface area contributed by atoms with Gasteiger partial charge in [-0.15, -0.1) is 0 Å². The van der Waals surface area contributed by atoms with Gasteiger partial charge < -0.3 is 11.1 Å². The van der Waals surface area contributed by atoms with E-state index >= 15 is 0 Å². The van der Waals surface area contributed by atoms with Gasteiger partial charge in [-0.1, -0.05) is 60.7 Å². The Balaban J connectivity index is 1.94. The molecule has 0 saturated carbocycles. The number of hydrogen-bond donors (Lipinski definition) is 3. The standard InChI is InChI=1S/C18H21N3O2/c1-13(18(23)20-12-14-8-4-2-5-9-14)21-16(17(19)22)15-10-6-3-7-11-15/h2-11,13,16,21H,12H2,1H3,(H2,19,22)(H,20,23)/t13-,16+/m1/s1.